The monoisotopic (exact) mass is 482 g/mol. The van der Waals surface area contributed by atoms with E-state index in [1.165, 1.54) is 0 Å². The molecule has 144 valence electrons. The van der Waals surface area contributed by atoms with Crippen LogP contribution in [0.1, 0.15) is 32.0 Å². The van der Waals surface area contributed by atoms with Crippen LogP contribution >= 0.6 is 35.7 Å². The molecule has 1 fully saturated rings. The molecule has 0 radical (unpaired) electrons. The molecule has 1 aliphatic heterocycles. The maximum absolute atomic E-state index is 9.71. The molecule has 7 nitrogen and oxygen atoms in total. The summed E-state index contributed by atoms with van der Waals surface area (Å²) in [5, 5.41) is 21.3. The van der Waals surface area contributed by atoms with Gasteiger partial charge in [0, 0.05) is 39.1 Å². The highest BCUT2D eigenvalue weighted by Gasteiger charge is 2.19. The van der Waals surface area contributed by atoms with Crippen LogP contribution in [-0.2, 0) is 13.0 Å². The molecule has 2 N–H and O–H groups in total. The number of aryl methyl sites for hydroxylation is 1. The Hall–Kier alpha value is -0.550. The number of nitrogens with one attached hydrogen (secondary N) is 1. The lowest BCUT2D eigenvalue weighted by Crippen LogP contribution is -2.47. The van der Waals surface area contributed by atoms with Crippen LogP contribution in [0.3, 0.4) is 0 Å². The number of aliphatic hydroxyl groups excluding tert-OH is 1. The molecule has 0 amide bonds. The molecule has 1 aromatic heterocycles. The second-order valence-corrected chi connectivity index (χ2v) is 6.98. The summed E-state index contributed by atoms with van der Waals surface area (Å²) in [5.41, 5.74) is 0. The first-order valence-electron chi connectivity index (χ1n) is 8.81. The number of rotatable bonds is 8. The van der Waals surface area contributed by atoms with Gasteiger partial charge in [-0.3, -0.25) is 4.99 Å². The number of aromatic nitrogens is 3. The second kappa shape index (κ2) is 12.7. The Labute approximate surface area is 172 Å². The molecule has 2 heterocycles. The number of aliphatic imine (C=N–C) groups is 1. The normalized spacial score (nSPS) is 16.0. The van der Waals surface area contributed by atoms with E-state index in [1.807, 2.05) is 11.8 Å². The van der Waals surface area contributed by atoms with E-state index in [0.29, 0.717) is 0 Å². The van der Waals surface area contributed by atoms with Crippen LogP contribution < -0.4 is 5.32 Å². The largest absolute Gasteiger partial charge is 0.393 e. The van der Waals surface area contributed by atoms with Crippen LogP contribution in [0, 0.1) is 0 Å². The Bertz CT molecular complexity index is 505. The zero-order valence-electron chi connectivity index (χ0n) is 15.2. The van der Waals surface area contributed by atoms with E-state index in [1.54, 1.807) is 6.33 Å². The summed E-state index contributed by atoms with van der Waals surface area (Å²) in [5.74, 6) is 3.11. The fourth-order valence-electron chi connectivity index (χ4n) is 2.77. The first-order chi connectivity index (χ1) is 11.7. The number of thioether (sulfide) groups is 1. The van der Waals surface area contributed by atoms with E-state index in [-0.39, 0.29) is 30.1 Å². The molecule has 0 aliphatic carbocycles. The molecule has 1 saturated heterocycles. The molecule has 9 heteroatoms. The Balaban J connectivity index is 0.00000312. The molecule has 0 spiro atoms. The van der Waals surface area contributed by atoms with E-state index in [4.69, 9.17) is 4.99 Å². The van der Waals surface area contributed by atoms with Crippen LogP contribution in [0.15, 0.2) is 11.3 Å². The van der Waals surface area contributed by atoms with Crippen molar-refractivity contribution in [2.24, 2.45) is 4.99 Å². The van der Waals surface area contributed by atoms with Gasteiger partial charge in [0.1, 0.15) is 12.2 Å². The summed E-state index contributed by atoms with van der Waals surface area (Å²) in [7, 11) is 0. The highest BCUT2D eigenvalue weighted by Crippen LogP contribution is 2.10. The summed E-state index contributed by atoms with van der Waals surface area (Å²) in [6, 6.07) is 0. The van der Waals surface area contributed by atoms with Crippen molar-refractivity contribution in [2.75, 3.05) is 38.2 Å². The van der Waals surface area contributed by atoms with Crippen molar-refractivity contribution in [1.82, 2.24) is 25.0 Å². The smallest absolute Gasteiger partial charge is 0.193 e. The number of likely N-dealkylation sites (tertiary alicyclic amines) is 1. The number of nitrogens with zero attached hydrogens (tertiary/aromatic N) is 5. The highest BCUT2D eigenvalue weighted by molar-refractivity contribution is 14.0. The number of piperidine rings is 1. The molecule has 0 bridgehead atoms. The molecule has 0 atom stereocenters. The van der Waals surface area contributed by atoms with Crippen molar-refractivity contribution in [2.45, 2.75) is 45.3 Å². The van der Waals surface area contributed by atoms with E-state index < -0.39 is 0 Å². The van der Waals surface area contributed by atoms with Gasteiger partial charge in [-0.15, -0.1) is 34.2 Å². The minimum Gasteiger partial charge on any atom is -0.393 e. The average Bonchev–Trinajstić information content (AvgIpc) is 3.05. The average molecular weight is 482 g/mol. The van der Waals surface area contributed by atoms with Gasteiger partial charge in [0.25, 0.3) is 0 Å². The summed E-state index contributed by atoms with van der Waals surface area (Å²) in [6.07, 6.45) is 7.36. The Morgan fingerprint density at radius 3 is 2.88 bits per heavy atom. The van der Waals surface area contributed by atoms with Crippen molar-refractivity contribution in [3.05, 3.63) is 12.2 Å². The third kappa shape index (κ3) is 7.69. The molecule has 0 unspecified atom stereocenters. The van der Waals surface area contributed by atoms with E-state index >= 15 is 0 Å². The predicted octanol–water partition coefficient (Wildman–Crippen LogP) is 1.61. The lowest BCUT2D eigenvalue weighted by molar-refractivity contribution is 0.108. The maximum Gasteiger partial charge on any atom is 0.193 e. The van der Waals surface area contributed by atoms with E-state index in [9.17, 15) is 5.11 Å². The Kier molecular flexibility index (Phi) is 11.5. The highest BCUT2D eigenvalue weighted by atomic mass is 127. The van der Waals surface area contributed by atoms with Gasteiger partial charge in [0.05, 0.1) is 6.10 Å². The summed E-state index contributed by atoms with van der Waals surface area (Å²) < 4.78 is 2.08. The third-order valence-corrected chi connectivity index (χ3v) is 4.88. The van der Waals surface area contributed by atoms with Gasteiger partial charge in [0.2, 0.25) is 0 Å². The van der Waals surface area contributed by atoms with Gasteiger partial charge in [0.15, 0.2) is 5.96 Å². The molecule has 25 heavy (non-hydrogen) atoms. The van der Waals surface area contributed by atoms with Gasteiger partial charge in [-0.05, 0) is 31.3 Å². The van der Waals surface area contributed by atoms with Gasteiger partial charge >= 0.3 is 0 Å². The summed E-state index contributed by atoms with van der Waals surface area (Å²) >= 11 is 1.86. The van der Waals surface area contributed by atoms with Crippen LogP contribution in [0.5, 0.6) is 0 Å². The van der Waals surface area contributed by atoms with Gasteiger partial charge in [-0.1, -0.05) is 6.92 Å². The van der Waals surface area contributed by atoms with E-state index in [2.05, 4.69) is 38.2 Å². The van der Waals surface area contributed by atoms with Gasteiger partial charge in [-0.25, -0.2) is 0 Å². The molecule has 2 rings (SSSR count). The number of hydrogen-bond acceptors (Lipinski definition) is 5. The van der Waals surface area contributed by atoms with Crippen molar-refractivity contribution in [3.8, 4) is 0 Å². The first-order valence-corrected chi connectivity index (χ1v) is 10.2. The Morgan fingerprint density at radius 2 is 2.20 bits per heavy atom. The first kappa shape index (κ1) is 22.5. The third-order valence-electron chi connectivity index (χ3n) is 4.18. The second-order valence-electron chi connectivity index (χ2n) is 5.99. The lowest BCUT2D eigenvalue weighted by Gasteiger charge is -2.32. The molecule has 1 aromatic rings. The van der Waals surface area contributed by atoms with E-state index in [0.717, 1.165) is 75.9 Å². The summed E-state index contributed by atoms with van der Waals surface area (Å²) in [4.78, 5) is 7.03. The zero-order chi connectivity index (χ0) is 17.2. The standard InChI is InChI=1S/C16H30N6OS.HI/c1-3-15-20-19-13-22(15)11-8-18-16(17-7-4-12-24-2)21-9-5-14(23)6-10-21;/h13-14,23H,3-12H2,1-2H3,(H,17,18);1H. The molecular weight excluding hydrogens is 451 g/mol. The van der Waals surface area contributed by atoms with Crippen molar-refractivity contribution in [3.63, 3.8) is 0 Å². The number of guanidine groups is 1. The molecule has 0 aromatic carbocycles. The molecular formula is C16H31IN6OS. The van der Waals surface area contributed by atoms with Gasteiger partial charge in [-0.2, -0.15) is 11.8 Å². The minimum absolute atomic E-state index is 0. The fraction of sp³-hybridized carbons (Fsp3) is 0.812. The quantitative estimate of drug-likeness (QED) is 0.254. The lowest BCUT2D eigenvalue weighted by atomic mass is 10.1. The fourth-order valence-corrected chi connectivity index (χ4v) is 3.18. The topological polar surface area (TPSA) is 78.6 Å². The maximum atomic E-state index is 9.71. The Morgan fingerprint density at radius 1 is 1.44 bits per heavy atom. The van der Waals surface area contributed by atoms with Crippen LogP contribution in [-0.4, -0.2) is 75.0 Å². The molecule has 1 aliphatic rings. The predicted molar refractivity (Wildman–Crippen MR) is 115 cm³/mol. The van der Waals surface area contributed by atoms with Crippen LogP contribution in [0.4, 0.5) is 0 Å². The zero-order valence-corrected chi connectivity index (χ0v) is 18.4. The number of aliphatic hydroxyl groups is 1. The van der Waals surface area contributed by atoms with Crippen molar-refractivity contribution < 1.29 is 5.11 Å². The SMILES string of the molecule is CCc1nncn1CCNC(=NCCCSC)N1CCC(O)CC1.I. The number of hydrogen-bond donors (Lipinski definition) is 2. The van der Waals surface area contributed by atoms with Crippen molar-refractivity contribution in [1.29, 1.82) is 0 Å². The van der Waals surface area contributed by atoms with Crippen LogP contribution in [0.2, 0.25) is 0 Å². The minimum atomic E-state index is -0.164. The van der Waals surface area contributed by atoms with Crippen molar-refractivity contribution >= 4 is 41.7 Å². The van der Waals surface area contributed by atoms with Crippen LogP contribution in [0.25, 0.3) is 0 Å². The van der Waals surface area contributed by atoms with Gasteiger partial charge < -0.3 is 19.9 Å². The molecule has 0 saturated carbocycles. The summed E-state index contributed by atoms with van der Waals surface area (Å²) in [6.45, 7) is 6.29. The number of halogens is 1.